The number of anilines is 1. The van der Waals surface area contributed by atoms with E-state index in [2.05, 4.69) is 12.2 Å². The Morgan fingerprint density at radius 2 is 1.32 bits per heavy atom. The summed E-state index contributed by atoms with van der Waals surface area (Å²) in [4.78, 5) is 52.3. The molecule has 0 heterocycles. The van der Waals surface area contributed by atoms with Gasteiger partial charge in [0, 0.05) is 30.3 Å². The van der Waals surface area contributed by atoms with E-state index in [9.17, 15) is 33.1 Å². The van der Waals surface area contributed by atoms with Crippen molar-refractivity contribution in [1.82, 2.24) is 4.90 Å². The lowest BCUT2D eigenvalue weighted by Gasteiger charge is -2.28. The second-order valence-electron chi connectivity index (χ2n) is 13.5. The first-order chi connectivity index (χ1) is 25.2. The van der Waals surface area contributed by atoms with Gasteiger partial charge in [-0.3, -0.25) is 14.4 Å². The van der Waals surface area contributed by atoms with Crippen LogP contribution in [-0.2, 0) is 27.5 Å². The van der Waals surface area contributed by atoms with Gasteiger partial charge in [-0.1, -0.05) is 69.0 Å². The van der Waals surface area contributed by atoms with Crippen molar-refractivity contribution in [2.24, 2.45) is 0 Å². The molecule has 0 aliphatic carbocycles. The largest absolute Gasteiger partial charge is 0.494 e. The minimum Gasteiger partial charge on any atom is -0.494 e. The molecule has 0 radical (unpaired) electrons. The third-order valence-electron chi connectivity index (χ3n) is 8.76. The van der Waals surface area contributed by atoms with Gasteiger partial charge in [0.05, 0.1) is 17.6 Å². The smallest absolute Gasteiger partial charge is 0.343 e. The molecule has 53 heavy (non-hydrogen) atoms. The van der Waals surface area contributed by atoms with Crippen molar-refractivity contribution < 1.29 is 42.5 Å². The number of carboxylic acids is 1. The van der Waals surface area contributed by atoms with E-state index >= 15 is 0 Å². The highest BCUT2D eigenvalue weighted by molar-refractivity contribution is 6.00. The molecule has 0 bridgehead atoms. The van der Waals surface area contributed by atoms with Crippen LogP contribution in [0.4, 0.5) is 14.5 Å². The number of nitrogens with one attached hydrogen (secondary N) is 1. The number of benzene rings is 4. The van der Waals surface area contributed by atoms with E-state index in [1.54, 1.807) is 68.4 Å². The van der Waals surface area contributed by atoms with Crippen LogP contribution in [0.1, 0.15) is 97.2 Å². The molecule has 0 saturated carbocycles. The number of hydrogen-bond acceptors (Lipinski definition) is 6. The number of esters is 1. The average Bonchev–Trinajstić information content (AvgIpc) is 3.13. The molecule has 11 heteroatoms. The van der Waals surface area contributed by atoms with E-state index in [0.29, 0.717) is 29.2 Å². The maximum atomic E-state index is 14.3. The summed E-state index contributed by atoms with van der Waals surface area (Å²) in [6.45, 7) is 6.04. The molecule has 280 valence electrons. The molecule has 0 fully saturated rings. The van der Waals surface area contributed by atoms with Crippen LogP contribution in [0.25, 0.3) is 0 Å². The number of rotatable bonds is 18. The Balaban J connectivity index is 1.35. The van der Waals surface area contributed by atoms with Crippen LogP contribution < -0.4 is 14.8 Å². The number of carboxylic acid groups (broad SMARTS) is 1. The number of aliphatic carboxylic acids is 1. The number of hydrogen-bond donors (Lipinski definition) is 2. The fourth-order valence-corrected chi connectivity index (χ4v) is 5.69. The molecular formula is C42H46F2N2O7. The maximum absolute atomic E-state index is 14.3. The first kappa shape index (κ1) is 40.2. The average molecular weight is 729 g/mol. The normalized spacial score (nSPS) is 11.4. The highest BCUT2D eigenvalue weighted by Gasteiger charge is 2.37. The maximum Gasteiger partial charge on any atom is 0.343 e. The number of carbonyl (C=O) groups is 4. The van der Waals surface area contributed by atoms with Gasteiger partial charge in [0.25, 0.3) is 11.8 Å². The third kappa shape index (κ3) is 11.5. The van der Waals surface area contributed by atoms with E-state index < -0.39 is 41.6 Å². The van der Waals surface area contributed by atoms with Crippen LogP contribution in [0.5, 0.6) is 11.5 Å². The van der Waals surface area contributed by atoms with E-state index in [4.69, 9.17) is 9.47 Å². The van der Waals surface area contributed by atoms with Gasteiger partial charge in [-0.05, 0) is 92.1 Å². The quantitative estimate of drug-likeness (QED) is 0.0596. The molecule has 9 nitrogen and oxygen atoms in total. The molecular weight excluding hydrogens is 682 g/mol. The summed E-state index contributed by atoms with van der Waals surface area (Å²) in [6.07, 6.45) is 5.69. The van der Waals surface area contributed by atoms with E-state index in [0.717, 1.165) is 24.7 Å². The number of unbranched alkanes of at least 4 members (excludes halogenated alkanes) is 4. The van der Waals surface area contributed by atoms with Crippen molar-refractivity contribution in [2.75, 3.05) is 18.5 Å². The number of ether oxygens (including phenoxy) is 2. The number of alkyl halides is 2. The molecule has 0 aromatic heterocycles. The van der Waals surface area contributed by atoms with Gasteiger partial charge in [0.2, 0.25) is 5.91 Å². The third-order valence-corrected chi connectivity index (χ3v) is 8.76. The minimum absolute atomic E-state index is 0.0480. The summed E-state index contributed by atoms with van der Waals surface area (Å²) in [5.74, 6) is -5.06. The standard InChI is InChI=1S/C42H46F2N2O7/c1-5-6-7-8-11-26-52-33-24-18-31(19-25-33)39(50)53-34-22-14-29(15-23-34)27-46(28-37(47)48)38(49)30-16-20-32(21-17-30)45-40(51)41(2,3)35-12-9-10-13-36(35)42(4,43)44/h9-10,12-25H,5-8,11,26-28H2,1-4H3,(H,45,51)(H,47,48). The fraction of sp³-hybridized carbons (Fsp3) is 0.333. The van der Waals surface area contributed by atoms with Crippen LogP contribution in [0.15, 0.2) is 97.1 Å². The highest BCUT2D eigenvalue weighted by Crippen LogP contribution is 2.37. The molecule has 0 atom stereocenters. The molecule has 0 saturated heterocycles. The molecule has 2 N–H and O–H groups in total. The van der Waals surface area contributed by atoms with Crippen LogP contribution in [-0.4, -0.2) is 46.9 Å². The Labute approximate surface area is 308 Å². The zero-order valence-corrected chi connectivity index (χ0v) is 30.5. The lowest BCUT2D eigenvalue weighted by atomic mass is 9.79. The molecule has 0 aliphatic rings. The van der Waals surface area contributed by atoms with E-state index in [1.807, 2.05) is 0 Å². The molecule has 4 aromatic carbocycles. The van der Waals surface area contributed by atoms with Crippen LogP contribution in [0.3, 0.4) is 0 Å². The van der Waals surface area contributed by atoms with Gasteiger partial charge in [-0.15, -0.1) is 0 Å². The summed E-state index contributed by atoms with van der Waals surface area (Å²) < 4.78 is 39.9. The van der Waals surface area contributed by atoms with Crippen molar-refractivity contribution in [1.29, 1.82) is 0 Å². The van der Waals surface area contributed by atoms with Gasteiger partial charge in [0.1, 0.15) is 18.0 Å². The second kappa shape index (κ2) is 18.3. The summed E-state index contributed by atoms with van der Waals surface area (Å²) in [7, 11) is 0. The molecule has 0 unspecified atom stereocenters. The van der Waals surface area contributed by atoms with E-state index in [1.165, 1.54) is 61.7 Å². The first-order valence-corrected chi connectivity index (χ1v) is 17.6. The fourth-order valence-electron chi connectivity index (χ4n) is 5.69. The van der Waals surface area contributed by atoms with Crippen molar-refractivity contribution in [3.8, 4) is 11.5 Å². The minimum atomic E-state index is -3.15. The zero-order valence-electron chi connectivity index (χ0n) is 30.5. The SMILES string of the molecule is CCCCCCCOc1ccc(C(=O)Oc2ccc(CN(CC(=O)O)C(=O)c3ccc(NC(=O)C(C)(C)c4ccccc4C(C)(F)F)cc3)cc2)cc1. The second-order valence-corrected chi connectivity index (χ2v) is 13.5. The number of amides is 2. The van der Waals surface area contributed by atoms with Crippen molar-refractivity contribution in [3.05, 3.63) is 125 Å². The van der Waals surface area contributed by atoms with Crippen LogP contribution in [0.2, 0.25) is 0 Å². The van der Waals surface area contributed by atoms with E-state index in [-0.39, 0.29) is 29.0 Å². The molecule has 0 aliphatic heterocycles. The first-order valence-electron chi connectivity index (χ1n) is 17.6. The van der Waals surface area contributed by atoms with Crippen molar-refractivity contribution in [3.63, 3.8) is 0 Å². The predicted molar refractivity (Wildman–Crippen MR) is 199 cm³/mol. The van der Waals surface area contributed by atoms with Gasteiger partial charge in [-0.25, -0.2) is 13.6 Å². The zero-order chi connectivity index (χ0) is 38.6. The summed E-state index contributed by atoms with van der Waals surface area (Å²) in [6, 6.07) is 24.9. The number of nitrogens with zero attached hydrogens (tertiary/aromatic N) is 1. The Hall–Kier alpha value is -5.58. The molecule has 4 rings (SSSR count). The highest BCUT2D eigenvalue weighted by atomic mass is 19.3. The molecule has 2 amide bonds. The Morgan fingerprint density at radius 1 is 0.736 bits per heavy atom. The number of carbonyl (C=O) groups excluding carboxylic acids is 3. The van der Waals surface area contributed by atoms with Gasteiger partial charge < -0.3 is 24.8 Å². The topological polar surface area (TPSA) is 122 Å². The number of halogens is 2. The molecule has 0 spiro atoms. The predicted octanol–water partition coefficient (Wildman–Crippen LogP) is 9.01. The van der Waals surface area contributed by atoms with Crippen molar-refractivity contribution in [2.45, 2.75) is 77.7 Å². The van der Waals surface area contributed by atoms with Crippen molar-refractivity contribution >= 4 is 29.4 Å². The van der Waals surface area contributed by atoms with Crippen LogP contribution >= 0.6 is 0 Å². The Morgan fingerprint density at radius 3 is 1.92 bits per heavy atom. The van der Waals surface area contributed by atoms with Gasteiger partial charge in [-0.2, -0.15) is 0 Å². The molecule has 4 aromatic rings. The summed E-state index contributed by atoms with van der Waals surface area (Å²) in [5, 5.41) is 12.3. The lowest BCUT2D eigenvalue weighted by Crippen LogP contribution is -2.37. The summed E-state index contributed by atoms with van der Waals surface area (Å²) >= 11 is 0. The van der Waals surface area contributed by atoms with Gasteiger partial charge in [0.15, 0.2) is 0 Å². The van der Waals surface area contributed by atoms with Crippen LogP contribution in [0, 0.1) is 0 Å². The monoisotopic (exact) mass is 728 g/mol. The Kier molecular flexibility index (Phi) is 13.8. The Bertz CT molecular complexity index is 1850. The summed E-state index contributed by atoms with van der Waals surface area (Å²) in [5.41, 5.74) is 0.0750. The lowest BCUT2D eigenvalue weighted by molar-refractivity contribution is -0.137. The van der Waals surface area contributed by atoms with Gasteiger partial charge >= 0.3 is 11.9 Å².